The zero-order valence-electron chi connectivity index (χ0n) is 19.0. The summed E-state index contributed by atoms with van der Waals surface area (Å²) in [5.74, 6) is -0.633. The standard InChI is InChI=1S/C24H24ClF3N2O3S/c1-13-7-16(5-6-19(13)33-12-20(31)32)34-22(15-10-29-30-11-15)14-8-17(23(2,3)4)21(18(25)9-14)24(26,27)28/h5-11,22H,12H2,1-4H3,(H,29,30)(H,31,32). The van der Waals surface area contributed by atoms with Gasteiger partial charge in [0.1, 0.15) is 5.75 Å². The molecular weight excluding hydrogens is 489 g/mol. The molecule has 182 valence electrons. The van der Waals surface area contributed by atoms with Crippen molar-refractivity contribution in [2.24, 2.45) is 0 Å². The second-order valence-electron chi connectivity index (χ2n) is 8.81. The van der Waals surface area contributed by atoms with Gasteiger partial charge in [-0.25, -0.2) is 4.79 Å². The lowest BCUT2D eigenvalue weighted by atomic mass is 9.82. The van der Waals surface area contributed by atoms with Crippen molar-refractivity contribution in [2.75, 3.05) is 6.61 Å². The number of nitrogens with one attached hydrogen (secondary N) is 1. The predicted octanol–water partition coefficient (Wildman–Crippen LogP) is 7.03. The van der Waals surface area contributed by atoms with Crippen LogP contribution < -0.4 is 4.74 Å². The van der Waals surface area contributed by atoms with E-state index in [2.05, 4.69) is 10.2 Å². The number of alkyl halides is 3. The third-order valence-corrected chi connectivity index (χ3v) is 6.68. The zero-order valence-corrected chi connectivity index (χ0v) is 20.5. The number of nitrogens with zero attached hydrogens (tertiary/aromatic N) is 1. The van der Waals surface area contributed by atoms with E-state index in [-0.39, 0.29) is 10.6 Å². The van der Waals surface area contributed by atoms with Crippen LogP contribution in [0, 0.1) is 6.92 Å². The number of thioether (sulfide) groups is 1. The van der Waals surface area contributed by atoms with Crippen molar-refractivity contribution in [3.8, 4) is 5.75 Å². The van der Waals surface area contributed by atoms with Crippen molar-refractivity contribution < 1.29 is 27.8 Å². The molecule has 3 rings (SSSR count). The Bertz CT molecular complexity index is 1180. The molecule has 2 aromatic carbocycles. The Balaban J connectivity index is 2.06. The van der Waals surface area contributed by atoms with Crippen molar-refractivity contribution in [3.05, 3.63) is 75.6 Å². The highest BCUT2D eigenvalue weighted by Gasteiger charge is 2.39. The number of carboxylic acid groups (broad SMARTS) is 1. The predicted molar refractivity (Wildman–Crippen MR) is 126 cm³/mol. The fraction of sp³-hybridized carbons (Fsp3) is 0.333. The van der Waals surface area contributed by atoms with Crippen LogP contribution in [-0.2, 0) is 16.4 Å². The fourth-order valence-corrected chi connectivity index (χ4v) is 5.06. The molecule has 34 heavy (non-hydrogen) atoms. The highest BCUT2D eigenvalue weighted by molar-refractivity contribution is 7.99. The summed E-state index contributed by atoms with van der Waals surface area (Å²) in [6.07, 6.45) is -1.27. The number of carboxylic acids is 1. The first-order chi connectivity index (χ1) is 15.8. The van der Waals surface area contributed by atoms with Gasteiger partial charge in [0.25, 0.3) is 0 Å². The lowest BCUT2D eigenvalue weighted by Gasteiger charge is -2.27. The van der Waals surface area contributed by atoms with Crippen LogP contribution in [0.5, 0.6) is 5.75 Å². The van der Waals surface area contributed by atoms with Gasteiger partial charge in [-0.2, -0.15) is 18.3 Å². The number of aryl methyl sites for hydroxylation is 1. The average molecular weight is 513 g/mol. The number of aliphatic carboxylic acids is 1. The maximum atomic E-state index is 13.8. The molecule has 1 aromatic heterocycles. The first kappa shape index (κ1) is 26.0. The molecule has 0 saturated heterocycles. The van der Waals surface area contributed by atoms with Crippen LogP contribution in [0.3, 0.4) is 0 Å². The van der Waals surface area contributed by atoms with Gasteiger partial charge in [0.2, 0.25) is 0 Å². The van der Waals surface area contributed by atoms with Crippen LogP contribution in [-0.4, -0.2) is 27.9 Å². The monoisotopic (exact) mass is 512 g/mol. The summed E-state index contributed by atoms with van der Waals surface area (Å²) in [4.78, 5) is 11.6. The number of ether oxygens (including phenoxy) is 1. The summed E-state index contributed by atoms with van der Waals surface area (Å²) >= 11 is 7.64. The summed E-state index contributed by atoms with van der Waals surface area (Å²) in [6.45, 7) is 6.50. The third-order valence-electron chi connectivity index (χ3n) is 5.08. The number of carbonyl (C=O) groups is 1. The largest absolute Gasteiger partial charge is 0.482 e. The van der Waals surface area contributed by atoms with E-state index in [1.54, 1.807) is 58.3 Å². The van der Waals surface area contributed by atoms with Crippen LogP contribution in [0.4, 0.5) is 13.2 Å². The van der Waals surface area contributed by atoms with Crippen LogP contribution in [0.1, 0.15) is 53.8 Å². The fourth-order valence-electron chi connectivity index (χ4n) is 3.52. The maximum Gasteiger partial charge on any atom is 0.418 e. The molecule has 1 atom stereocenters. The van der Waals surface area contributed by atoms with Crippen molar-refractivity contribution in [2.45, 2.75) is 49.4 Å². The molecular formula is C24H24ClF3N2O3S. The van der Waals surface area contributed by atoms with Gasteiger partial charge in [0.05, 0.1) is 22.0 Å². The second kappa shape index (κ2) is 9.92. The highest BCUT2D eigenvalue weighted by Crippen LogP contribution is 2.47. The molecule has 10 heteroatoms. The van der Waals surface area contributed by atoms with Gasteiger partial charge in [0, 0.05) is 16.7 Å². The highest BCUT2D eigenvalue weighted by atomic mass is 35.5. The minimum absolute atomic E-state index is 0.116. The molecule has 0 aliphatic heterocycles. The molecule has 3 aromatic rings. The van der Waals surface area contributed by atoms with Gasteiger partial charge < -0.3 is 9.84 Å². The molecule has 0 fully saturated rings. The molecule has 5 nitrogen and oxygen atoms in total. The molecule has 1 heterocycles. The minimum Gasteiger partial charge on any atom is -0.482 e. The van der Waals surface area contributed by atoms with Gasteiger partial charge in [-0.05, 0) is 53.3 Å². The van der Waals surface area contributed by atoms with Gasteiger partial charge in [-0.1, -0.05) is 38.4 Å². The van der Waals surface area contributed by atoms with E-state index in [1.165, 1.54) is 17.8 Å². The van der Waals surface area contributed by atoms with E-state index in [1.807, 2.05) is 6.07 Å². The van der Waals surface area contributed by atoms with Gasteiger partial charge in [-0.15, -0.1) is 11.8 Å². The summed E-state index contributed by atoms with van der Waals surface area (Å²) in [5, 5.41) is 14.8. The van der Waals surface area contributed by atoms with E-state index in [9.17, 15) is 18.0 Å². The molecule has 0 aliphatic carbocycles. The van der Waals surface area contributed by atoms with E-state index in [0.717, 1.165) is 16.0 Å². The summed E-state index contributed by atoms with van der Waals surface area (Å²) in [5.41, 5.74) is 0.610. The molecule has 0 saturated carbocycles. The number of hydrogen-bond donors (Lipinski definition) is 2. The number of H-pyrrole nitrogens is 1. The molecule has 0 radical (unpaired) electrons. The molecule has 0 bridgehead atoms. The Hall–Kier alpha value is -2.65. The Morgan fingerprint density at radius 3 is 2.44 bits per heavy atom. The van der Waals surface area contributed by atoms with Crippen LogP contribution >= 0.6 is 23.4 Å². The first-order valence-electron chi connectivity index (χ1n) is 10.3. The molecule has 0 spiro atoms. The van der Waals surface area contributed by atoms with E-state index < -0.39 is 35.0 Å². The normalized spacial score (nSPS) is 13.1. The van der Waals surface area contributed by atoms with Gasteiger partial charge in [0.15, 0.2) is 6.61 Å². The Kier molecular flexibility index (Phi) is 7.57. The first-order valence-corrected chi connectivity index (χ1v) is 11.5. The van der Waals surface area contributed by atoms with Crippen molar-refractivity contribution in [3.63, 3.8) is 0 Å². The van der Waals surface area contributed by atoms with Crippen LogP contribution in [0.25, 0.3) is 0 Å². The van der Waals surface area contributed by atoms with Crippen LogP contribution in [0.15, 0.2) is 47.6 Å². The number of aromatic nitrogens is 2. The van der Waals surface area contributed by atoms with Crippen molar-refractivity contribution in [1.82, 2.24) is 10.2 Å². The Morgan fingerprint density at radius 2 is 1.91 bits per heavy atom. The minimum atomic E-state index is -4.58. The van der Waals surface area contributed by atoms with E-state index in [4.69, 9.17) is 21.4 Å². The lowest BCUT2D eigenvalue weighted by Crippen LogP contribution is -2.21. The molecule has 1 unspecified atom stereocenters. The SMILES string of the molecule is Cc1cc(SC(c2cn[nH]c2)c2cc(Cl)c(C(F)(F)F)c(C(C)(C)C)c2)ccc1OCC(=O)O. The molecule has 0 aliphatic rings. The average Bonchev–Trinajstić information content (AvgIpc) is 3.23. The second-order valence-corrected chi connectivity index (χ2v) is 10.4. The number of rotatable bonds is 7. The van der Waals surface area contributed by atoms with Gasteiger partial charge >= 0.3 is 12.1 Å². The van der Waals surface area contributed by atoms with Crippen LogP contribution in [0.2, 0.25) is 5.02 Å². The lowest BCUT2D eigenvalue weighted by molar-refractivity contribution is -0.139. The number of benzene rings is 2. The zero-order chi connectivity index (χ0) is 25.3. The maximum absolute atomic E-state index is 13.8. The third kappa shape index (κ3) is 6.07. The molecule has 0 amide bonds. The summed E-state index contributed by atoms with van der Waals surface area (Å²) < 4.78 is 46.8. The number of hydrogen-bond acceptors (Lipinski definition) is 4. The summed E-state index contributed by atoms with van der Waals surface area (Å²) in [6, 6.07) is 8.22. The Labute approximate surface area is 204 Å². The Morgan fingerprint density at radius 1 is 1.21 bits per heavy atom. The quantitative estimate of drug-likeness (QED) is 0.332. The van der Waals surface area contributed by atoms with Gasteiger partial charge in [-0.3, -0.25) is 5.10 Å². The summed E-state index contributed by atoms with van der Waals surface area (Å²) in [7, 11) is 0. The number of aromatic amines is 1. The molecule has 2 N–H and O–H groups in total. The topological polar surface area (TPSA) is 75.2 Å². The smallest absolute Gasteiger partial charge is 0.418 e. The van der Waals surface area contributed by atoms with Crippen molar-refractivity contribution >= 4 is 29.3 Å². The number of halogens is 4. The van der Waals surface area contributed by atoms with E-state index in [0.29, 0.717) is 11.3 Å². The van der Waals surface area contributed by atoms with Crippen molar-refractivity contribution in [1.29, 1.82) is 0 Å². The van der Waals surface area contributed by atoms with E-state index >= 15 is 0 Å².